The zero-order valence-electron chi connectivity index (χ0n) is 15.8. The van der Waals surface area contributed by atoms with Gasteiger partial charge in [-0.1, -0.05) is 6.07 Å². The summed E-state index contributed by atoms with van der Waals surface area (Å²) in [4.78, 5) is 26.3. The van der Waals surface area contributed by atoms with Crippen molar-refractivity contribution in [1.82, 2.24) is 19.6 Å². The Labute approximate surface area is 166 Å². The van der Waals surface area contributed by atoms with Gasteiger partial charge in [-0.05, 0) is 30.3 Å². The van der Waals surface area contributed by atoms with Gasteiger partial charge in [-0.25, -0.2) is 9.36 Å². The largest absolute Gasteiger partial charge is 0.495 e. The Kier molecular flexibility index (Phi) is 4.63. The van der Waals surface area contributed by atoms with Crippen molar-refractivity contribution in [1.29, 1.82) is 0 Å². The molecule has 0 saturated heterocycles. The van der Waals surface area contributed by atoms with E-state index in [-0.39, 0.29) is 5.91 Å². The standard InChI is InChI=1S/C21H16N6O2/c1-22-15-4-7-20(24-11-15)26(2)21(28)14-8-9-27-19(10-14)17(13-25-27)18-6-5-16(29-3)12-23-18/h4-13H,2-3H3. The fourth-order valence-corrected chi connectivity index (χ4v) is 2.91. The minimum atomic E-state index is -0.217. The molecule has 0 atom stereocenters. The number of aromatic nitrogens is 4. The van der Waals surface area contributed by atoms with Crippen LogP contribution in [0.2, 0.25) is 0 Å². The molecule has 0 aromatic carbocycles. The molecule has 4 aromatic heterocycles. The smallest absolute Gasteiger partial charge is 0.259 e. The van der Waals surface area contributed by atoms with E-state index in [9.17, 15) is 4.79 Å². The summed E-state index contributed by atoms with van der Waals surface area (Å²) in [6, 6.07) is 10.4. The Morgan fingerprint density at radius 3 is 2.66 bits per heavy atom. The van der Waals surface area contributed by atoms with Crippen LogP contribution in [0.5, 0.6) is 5.75 Å². The fraction of sp³-hybridized carbons (Fsp3) is 0.0952. The summed E-state index contributed by atoms with van der Waals surface area (Å²) in [6.45, 7) is 7.00. The van der Waals surface area contributed by atoms with Crippen molar-refractivity contribution in [3.8, 4) is 17.0 Å². The number of ether oxygens (including phenoxy) is 1. The summed E-state index contributed by atoms with van der Waals surface area (Å²) in [5, 5.41) is 4.34. The van der Waals surface area contributed by atoms with Gasteiger partial charge in [0.1, 0.15) is 11.6 Å². The second kappa shape index (κ2) is 7.40. The van der Waals surface area contributed by atoms with Crippen molar-refractivity contribution >= 4 is 22.9 Å². The molecule has 4 heterocycles. The van der Waals surface area contributed by atoms with E-state index < -0.39 is 0 Å². The fourth-order valence-electron chi connectivity index (χ4n) is 2.91. The van der Waals surface area contributed by atoms with E-state index >= 15 is 0 Å². The molecule has 1 amide bonds. The predicted octanol–water partition coefficient (Wildman–Crippen LogP) is 3.63. The summed E-state index contributed by atoms with van der Waals surface area (Å²) in [7, 11) is 3.24. The molecule has 0 bridgehead atoms. The minimum absolute atomic E-state index is 0.217. The second-order valence-corrected chi connectivity index (χ2v) is 6.24. The molecule has 8 heteroatoms. The average molecular weight is 384 g/mol. The summed E-state index contributed by atoms with van der Waals surface area (Å²) in [6.07, 6.45) is 6.53. The Hall–Kier alpha value is -4.25. The van der Waals surface area contributed by atoms with Crippen LogP contribution in [0.25, 0.3) is 21.6 Å². The molecule has 8 nitrogen and oxygen atoms in total. The van der Waals surface area contributed by atoms with Crippen LogP contribution in [0.1, 0.15) is 10.4 Å². The highest BCUT2D eigenvalue weighted by Gasteiger charge is 2.17. The van der Waals surface area contributed by atoms with Crippen molar-refractivity contribution in [3.05, 3.63) is 78.2 Å². The molecule has 0 radical (unpaired) electrons. The third kappa shape index (κ3) is 3.37. The molecule has 0 N–H and O–H groups in total. The monoisotopic (exact) mass is 384 g/mol. The molecule has 0 fully saturated rings. The first-order valence-electron chi connectivity index (χ1n) is 8.70. The molecule has 4 rings (SSSR count). The van der Waals surface area contributed by atoms with Gasteiger partial charge in [0.2, 0.25) is 5.69 Å². The van der Waals surface area contributed by atoms with Gasteiger partial charge in [0.15, 0.2) is 0 Å². The Bertz CT molecular complexity index is 1220. The lowest BCUT2D eigenvalue weighted by Crippen LogP contribution is -2.27. The summed E-state index contributed by atoms with van der Waals surface area (Å²) in [5.41, 5.74) is 3.22. The second-order valence-electron chi connectivity index (χ2n) is 6.24. The number of carbonyl (C=O) groups excluding carboxylic acids is 1. The zero-order valence-corrected chi connectivity index (χ0v) is 15.8. The van der Waals surface area contributed by atoms with Gasteiger partial charge in [0.25, 0.3) is 5.91 Å². The van der Waals surface area contributed by atoms with E-state index in [1.165, 1.54) is 11.1 Å². The minimum Gasteiger partial charge on any atom is -0.495 e. The molecule has 29 heavy (non-hydrogen) atoms. The van der Waals surface area contributed by atoms with Crippen LogP contribution >= 0.6 is 0 Å². The summed E-state index contributed by atoms with van der Waals surface area (Å²) < 4.78 is 6.85. The maximum absolute atomic E-state index is 13.0. The SMILES string of the molecule is [C-]#[N+]c1ccc(N(C)C(=O)c2ccn3ncc(-c4ccc(OC)cn4)c3c2)nc1. The quantitative estimate of drug-likeness (QED) is 0.502. The highest BCUT2D eigenvalue weighted by Crippen LogP contribution is 2.25. The van der Waals surface area contributed by atoms with Gasteiger partial charge in [-0.15, -0.1) is 0 Å². The Morgan fingerprint density at radius 1 is 1.14 bits per heavy atom. The van der Waals surface area contributed by atoms with E-state index in [2.05, 4.69) is 19.9 Å². The van der Waals surface area contributed by atoms with E-state index in [4.69, 9.17) is 11.3 Å². The van der Waals surface area contributed by atoms with Crippen LogP contribution in [0.3, 0.4) is 0 Å². The third-order valence-corrected chi connectivity index (χ3v) is 4.53. The van der Waals surface area contributed by atoms with E-state index in [1.807, 2.05) is 12.1 Å². The molecule has 0 saturated carbocycles. The van der Waals surface area contributed by atoms with Crippen LogP contribution in [-0.4, -0.2) is 39.6 Å². The van der Waals surface area contributed by atoms with Crippen molar-refractivity contribution in [2.75, 3.05) is 19.1 Å². The lowest BCUT2D eigenvalue weighted by molar-refractivity contribution is 0.0992. The number of pyridine rings is 3. The first-order valence-corrected chi connectivity index (χ1v) is 8.70. The molecular formula is C21H16N6O2. The molecular weight excluding hydrogens is 368 g/mol. The molecule has 0 aliphatic rings. The van der Waals surface area contributed by atoms with Crippen LogP contribution in [0.4, 0.5) is 11.5 Å². The van der Waals surface area contributed by atoms with Gasteiger partial charge < -0.3 is 4.74 Å². The van der Waals surface area contributed by atoms with Crippen LogP contribution in [0, 0.1) is 6.57 Å². The van der Waals surface area contributed by atoms with Gasteiger partial charge in [-0.2, -0.15) is 5.10 Å². The van der Waals surface area contributed by atoms with Gasteiger partial charge in [0, 0.05) is 30.6 Å². The number of hydrogen-bond acceptors (Lipinski definition) is 5. The molecule has 4 aromatic rings. The third-order valence-electron chi connectivity index (χ3n) is 4.53. The van der Waals surface area contributed by atoms with Crippen molar-refractivity contribution in [2.24, 2.45) is 0 Å². The molecule has 0 aliphatic heterocycles. The number of nitrogens with zero attached hydrogens (tertiary/aromatic N) is 6. The average Bonchev–Trinajstić information content (AvgIpc) is 3.21. The number of hydrogen-bond donors (Lipinski definition) is 0. The number of methoxy groups -OCH3 is 1. The highest BCUT2D eigenvalue weighted by atomic mass is 16.5. The van der Waals surface area contributed by atoms with E-state index in [1.54, 1.807) is 61.5 Å². The van der Waals surface area contributed by atoms with Gasteiger partial charge in [-0.3, -0.25) is 19.7 Å². The van der Waals surface area contributed by atoms with Gasteiger partial charge >= 0.3 is 0 Å². The number of anilines is 1. The Balaban J connectivity index is 1.68. The maximum Gasteiger partial charge on any atom is 0.259 e. The van der Waals surface area contributed by atoms with Crippen LogP contribution in [0.15, 0.2) is 61.2 Å². The molecule has 0 aliphatic carbocycles. The maximum atomic E-state index is 13.0. The molecule has 0 spiro atoms. The van der Waals surface area contributed by atoms with Crippen molar-refractivity contribution in [2.45, 2.75) is 0 Å². The topological polar surface area (TPSA) is 77.0 Å². The highest BCUT2D eigenvalue weighted by molar-refractivity contribution is 6.06. The first-order chi connectivity index (χ1) is 14.1. The number of amides is 1. The number of carbonyl (C=O) groups is 1. The lowest BCUT2D eigenvalue weighted by atomic mass is 10.1. The lowest BCUT2D eigenvalue weighted by Gasteiger charge is -2.16. The van der Waals surface area contributed by atoms with Crippen molar-refractivity contribution in [3.63, 3.8) is 0 Å². The normalized spacial score (nSPS) is 10.5. The molecule has 0 unspecified atom stereocenters. The predicted molar refractivity (Wildman–Crippen MR) is 108 cm³/mol. The summed E-state index contributed by atoms with van der Waals surface area (Å²) in [5.74, 6) is 0.915. The van der Waals surface area contributed by atoms with Crippen molar-refractivity contribution < 1.29 is 9.53 Å². The van der Waals surface area contributed by atoms with Gasteiger partial charge in [0.05, 0.1) is 37.3 Å². The van der Waals surface area contributed by atoms with E-state index in [0.29, 0.717) is 22.8 Å². The van der Waals surface area contributed by atoms with Crippen LogP contribution < -0.4 is 9.64 Å². The van der Waals surface area contributed by atoms with E-state index in [0.717, 1.165) is 16.8 Å². The zero-order chi connectivity index (χ0) is 20.4. The number of fused-ring (bicyclic) bond motifs is 1. The van der Waals surface area contributed by atoms with Crippen LogP contribution in [-0.2, 0) is 0 Å². The first kappa shape index (κ1) is 18.1. The number of rotatable bonds is 4. The molecule has 142 valence electrons. The summed E-state index contributed by atoms with van der Waals surface area (Å²) >= 11 is 0. The Morgan fingerprint density at radius 2 is 2.00 bits per heavy atom.